The van der Waals surface area contributed by atoms with Gasteiger partial charge in [-0.05, 0) is 141 Å². The molecule has 0 radical (unpaired) electrons. The summed E-state index contributed by atoms with van der Waals surface area (Å²) in [5.74, 6) is -16.3. The predicted octanol–water partition coefficient (Wildman–Crippen LogP) is 2.68. The molecule has 40 nitrogen and oxygen atoms in total. The van der Waals surface area contributed by atoms with E-state index >= 15 is 28.8 Å². The topological polar surface area (TPSA) is 613 Å². The van der Waals surface area contributed by atoms with Gasteiger partial charge in [0.2, 0.25) is 65.2 Å². The number of ether oxygens (including phenoxy) is 6. The van der Waals surface area contributed by atoms with Gasteiger partial charge in [-0.3, -0.25) is 52.7 Å². The second-order valence-electron chi connectivity index (χ2n) is 34.5. The molecule has 0 unspecified atom stereocenters. The monoisotopic (exact) mass is 1920 g/mol. The third-order valence-corrected chi connectivity index (χ3v) is 26.5. The quantitative estimate of drug-likeness (QED) is 0.0222. The number of hydrogen-bond donors (Lipinski definition) is 22. The Kier molecular flexibility index (Phi) is 30.8. The number of primary amides is 1. The van der Waals surface area contributed by atoms with Crippen molar-refractivity contribution in [2.24, 2.45) is 11.7 Å². The molecule has 23 N–H and O–H groups in total. The van der Waals surface area contributed by atoms with Crippen LogP contribution in [0.1, 0.15) is 157 Å². The van der Waals surface area contributed by atoms with Gasteiger partial charge in [0, 0.05) is 70.8 Å². The van der Waals surface area contributed by atoms with Gasteiger partial charge >= 0.3 is 6.03 Å². The number of carbonyl (C=O) groups is 12. The van der Waals surface area contributed by atoms with Crippen LogP contribution in [-0.4, -0.2) is 246 Å². The molecule has 0 aliphatic carbocycles. The molecule has 135 heavy (non-hydrogen) atoms. The van der Waals surface area contributed by atoms with E-state index in [2.05, 4.69) is 63.8 Å². The molecular weight excluding hydrogens is 1820 g/mol. The molecule has 0 saturated carbocycles. The summed E-state index contributed by atoms with van der Waals surface area (Å²) in [6, 6.07) is 13.2. The molecular formula is C92H103Cl2N13O27S. The zero-order chi connectivity index (χ0) is 96.9. The summed E-state index contributed by atoms with van der Waals surface area (Å²) in [5.41, 5.74) is 2.10. The predicted molar refractivity (Wildman–Crippen MR) is 481 cm³/mol. The van der Waals surface area contributed by atoms with Crippen LogP contribution in [0.25, 0.3) is 11.1 Å². The molecule has 7 aromatic carbocycles. The first-order chi connectivity index (χ1) is 64.3. The average Bonchev–Trinajstić information content (AvgIpc) is 1.54. The van der Waals surface area contributed by atoms with Crippen molar-refractivity contribution in [1.29, 1.82) is 0 Å². The van der Waals surface area contributed by atoms with E-state index in [0.29, 0.717) is 18.4 Å². The average molecular weight is 1930 g/mol. The third-order valence-electron chi connectivity index (χ3n) is 24.4. The van der Waals surface area contributed by atoms with Gasteiger partial charge in [0.25, 0.3) is 5.91 Å². The van der Waals surface area contributed by atoms with Gasteiger partial charge in [-0.1, -0.05) is 104 Å². The number of nitrogens with two attached hydrogens (primary N) is 1. The molecule has 9 aliphatic heterocycles. The highest BCUT2D eigenvalue weighted by atomic mass is 35.5. The van der Waals surface area contributed by atoms with E-state index in [1.165, 1.54) is 57.3 Å². The lowest BCUT2D eigenvalue weighted by Crippen LogP contribution is -2.66. The molecule has 43 heteroatoms. The molecule has 9 aliphatic rings. The molecule has 4 saturated heterocycles. The third kappa shape index (κ3) is 22.2. The first-order valence-corrected chi connectivity index (χ1v) is 45.4. The molecule has 11 bridgehead atoms. The molecule has 4 fully saturated rings. The molecule has 718 valence electrons. The summed E-state index contributed by atoms with van der Waals surface area (Å²) in [4.78, 5) is 174. The highest BCUT2D eigenvalue weighted by molar-refractivity contribution is 8.00. The van der Waals surface area contributed by atoms with Gasteiger partial charge in [-0.2, -0.15) is 11.8 Å². The standard InChI is InChI=1S/C92H103Cl2N13O27S/c1-39(2)27-53(96-5)83(121)104-72-75(115)45-20-23-58(51(93)29-45)130-60-31-47-32-61(79(60)134-90-80(78(118)77(117)62(37-108)132-90)133-66-36-92(4,81(119)40(3)129-66)107-82(120)43-17-15-42(16-18-43)74(114)41-11-7-6-8-12-41)131-59-24-21-46(30-52(59)94)76(116)73-89(127)103-70(85(123)98-26-25-97-65(113)14-10-9-13-63-71-55(38-135-63)100-91(128)106-71)50-33-48(109)34-57(111)67(50)49-28-44(19-22-56(49)110)68(86(124)105-73)102-87(125)69(47)101-84(122)54(35-64(95)112)99-88(72)126/h6-8,11-12,15-24,28-34,39-40,53-55,62-63,66,68-73,75-78,80-81,90,96,108-111,115-119H,9-10,13-14,25-27,35-38H2,1-5H3,(H2,95,112)(H,97,113)(H,98,123)(H,99,126)(H,101,122)(H,102,125)(H,103,127)(H,104,121)(H,105,124)(H,107,120)(H2,100,106,128)/t40-,53+,54-,55-,62+,63-,66-,68+,69+,70-,71-,72+,73-,75+,76+,77+,78-,80+,81+,90-,92-/m0/s1. The van der Waals surface area contributed by atoms with Crippen LogP contribution >= 0.6 is 35.0 Å². The number of urea groups is 1. The first kappa shape index (κ1) is 98.5. The van der Waals surface area contributed by atoms with Gasteiger partial charge in [-0.15, -0.1) is 0 Å². The molecule has 7 aromatic rings. The minimum absolute atomic E-state index is 0.0133. The van der Waals surface area contributed by atoms with Crippen LogP contribution in [0, 0.1) is 5.92 Å². The van der Waals surface area contributed by atoms with Crippen LogP contribution < -0.4 is 83.7 Å². The number of thioether (sulfide) groups is 1. The van der Waals surface area contributed by atoms with Crippen molar-refractivity contribution in [3.8, 4) is 57.1 Å². The van der Waals surface area contributed by atoms with Crippen molar-refractivity contribution in [3.05, 3.63) is 188 Å². The molecule has 12 amide bonds. The minimum atomic E-state index is -2.42. The molecule has 9 heterocycles. The number of aliphatic hydroxyl groups excluding tert-OH is 6. The number of ketones is 1. The zero-order valence-electron chi connectivity index (χ0n) is 73.2. The van der Waals surface area contributed by atoms with Crippen LogP contribution in [0.4, 0.5) is 4.79 Å². The minimum Gasteiger partial charge on any atom is -0.508 e. The maximum atomic E-state index is 16.5. The van der Waals surface area contributed by atoms with E-state index < -0.39 is 260 Å². The number of unbranched alkanes of at least 4 members (excludes halogenated alkanes) is 1. The maximum Gasteiger partial charge on any atom is 0.315 e. The van der Waals surface area contributed by atoms with Crippen LogP contribution in [0.3, 0.4) is 0 Å². The van der Waals surface area contributed by atoms with Gasteiger partial charge in [-0.25, -0.2) is 4.79 Å². The Morgan fingerprint density at radius 3 is 1.95 bits per heavy atom. The van der Waals surface area contributed by atoms with Crippen LogP contribution in [0.5, 0.6) is 46.0 Å². The fourth-order valence-corrected chi connectivity index (χ4v) is 19.3. The Labute approximate surface area is 785 Å². The van der Waals surface area contributed by atoms with E-state index in [1.54, 1.807) is 42.1 Å². The molecule has 21 atom stereocenters. The van der Waals surface area contributed by atoms with Gasteiger partial charge < -0.3 is 144 Å². The molecule has 0 aromatic heterocycles. The normalized spacial score (nSPS) is 27.3. The van der Waals surface area contributed by atoms with Gasteiger partial charge in [0.1, 0.15) is 102 Å². The Morgan fingerprint density at radius 1 is 0.652 bits per heavy atom. The van der Waals surface area contributed by atoms with Crippen molar-refractivity contribution in [1.82, 2.24) is 63.8 Å². The van der Waals surface area contributed by atoms with Crippen LogP contribution in [0.2, 0.25) is 10.0 Å². The Bertz CT molecular complexity index is 5710. The fourth-order valence-electron chi connectivity index (χ4n) is 17.3. The number of phenols is 3. The number of nitrogens with one attached hydrogen (secondary N) is 12. The Balaban J connectivity index is 0.876. The number of aliphatic hydroxyl groups is 6. The number of aromatic hydroxyl groups is 3. The number of carbonyl (C=O) groups excluding carboxylic acids is 12. The summed E-state index contributed by atoms with van der Waals surface area (Å²) in [6.45, 7) is 4.97. The van der Waals surface area contributed by atoms with Gasteiger partial charge in [0.15, 0.2) is 29.7 Å². The number of hydrogen-bond acceptors (Lipinski definition) is 29. The fraction of sp³-hybridized carbons (Fsp3) is 0.413. The van der Waals surface area contributed by atoms with Crippen molar-refractivity contribution in [2.75, 3.05) is 32.5 Å². The Hall–Kier alpha value is -12.5. The lowest BCUT2D eigenvalue weighted by molar-refractivity contribution is -0.334. The number of amides is 12. The highest BCUT2D eigenvalue weighted by Gasteiger charge is 2.53. The molecule has 0 spiro atoms. The number of rotatable bonds is 25. The van der Waals surface area contributed by atoms with E-state index in [4.69, 9.17) is 57.4 Å². The maximum absolute atomic E-state index is 16.5. The van der Waals surface area contributed by atoms with E-state index in [1.807, 2.05) is 13.8 Å². The smallest absolute Gasteiger partial charge is 0.315 e. The summed E-state index contributed by atoms with van der Waals surface area (Å²) >= 11 is 16.2. The SMILES string of the molecule is CN[C@H](CC(C)C)C(=O)N[C@H]1C(=O)N[C@@H](CC(N)=O)C(=O)N[C@H]2C(=O)N[C@H]3C(=O)N[C@H](C(=O)N[C@H](C(=O)NCCNC(=O)CCCC[C@@H]4SC[C@@H]5NC(=O)N[C@@H]54)c4cc(O)cc(O)c4-c4cc3ccc4O)[C@H](O)c3ccc(c(Cl)c3)Oc3cc2cc(c3O[C@@H]2O[C@H](CO)[C@@H](O)[C@H](O)[C@H]2O[C@H]2C[C@](C)(NC(=O)c3ccc(C(=O)c4ccccc4)cc3)[C@H](O)[C@H](C)O2)Oc2ccc(cc2Cl)[C@H]1O. The number of benzene rings is 7. The summed E-state index contributed by atoms with van der Waals surface area (Å²) in [5, 5.41) is 139. The van der Waals surface area contributed by atoms with E-state index in [9.17, 15) is 74.7 Å². The zero-order valence-corrected chi connectivity index (χ0v) is 75.5. The first-order valence-electron chi connectivity index (χ1n) is 43.6. The molecule has 16 rings (SSSR count). The second-order valence-corrected chi connectivity index (χ2v) is 36.6. The van der Waals surface area contributed by atoms with Crippen LogP contribution in [0.15, 0.2) is 133 Å². The van der Waals surface area contributed by atoms with Gasteiger partial charge in [0.05, 0.1) is 52.8 Å². The number of likely N-dealkylation sites (N-methyl/N-ethyl adjacent to an activating group) is 1. The lowest BCUT2D eigenvalue weighted by atomic mass is 9.84. The van der Waals surface area contributed by atoms with Crippen molar-refractivity contribution in [2.45, 2.75) is 199 Å². The van der Waals surface area contributed by atoms with Crippen LogP contribution in [-0.2, 0) is 57.4 Å². The largest absolute Gasteiger partial charge is 0.508 e. The van der Waals surface area contributed by atoms with Crippen molar-refractivity contribution < 1.29 is 132 Å². The van der Waals surface area contributed by atoms with Crippen molar-refractivity contribution in [3.63, 3.8) is 0 Å². The summed E-state index contributed by atoms with van der Waals surface area (Å²) in [6.07, 6.45) is -18.4. The number of halogens is 2. The van der Waals surface area contributed by atoms with Crippen molar-refractivity contribution >= 4 is 106 Å². The second kappa shape index (κ2) is 42.2. The summed E-state index contributed by atoms with van der Waals surface area (Å²) < 4.78 is 39.5. The van der Waals surface area contributed by atoms with E-state index in [-0.39, 0.29) is 94.7 Å². The highest BCUT2D eigenvalue weighted by Crippen LogP contribution is 2.51. The number of fused-ring (bicyclic) bond motifs is 16. The Morgan fingerprint density at radius 2 is 1.29 bits per heavy atom. The van der Waals surface area contributed by atoms with E-state index in [0.717, 1.165) is 78.9 Å². The lowest BCUT2D eigenvalue weighted by Gasteiger charge is -2.48. The number of phenolic OH excluding ortho intramolecular Hbond substituents is 3. The summed E-state index contributed by atoms with van der Waals surface area (Å²) in [7, 11) is 1.47.